The number of rotatable bonds is 5. The van der Waals surface area contributed by atoms with Gasteiger partial charge < -0.3 is 16.0 Å². The predicted octanol–water partition coefficient (Wildman–Crippen LogP) is 0.989. The van der Waals surface area contributed by atoms with E-state index >= 15 is 0 Å². The Kier molecular flexibility index (Phi) is 4.33. The topological polar surface area (TPSA) is 78.9 Å². The minimum atomic E-state index is 0.126. The van der Waals surface area contributed by atoms with Crippen LogP contribution >= 0.6 is 0 Å². The Balaban J connectivity index is 1.90. The molecule has 1 aromatic rings. The molecule has 1 atom stereocenters. The molecule has 1 fully saturated rings. The molecule has 0 radical (unpaired) electrons. The number of anilines is 2. The van der Waals surface area contributed by atoms with Crippen molar-refractivity contribution in [3.63, 3.8) is 0 Å². The number of nitrogens with one attached hydrogen (secondary N) is 3. The molecule has 0 saturated carbocycles. The third-order valence-corrected chi connectivity index (χ3v) is 2.81. The lowest BCUT2D eigenvalue weighted by Gasteiger charge is -2.23. The molecule has 1 aliphatic rings. The average Bonchev–Trinajstić information content (AvgIpc) is 2.40. The van der Waals surface area contributed by atoms with E-state index < -0.39 is 0 Å². The summed E-state index contributed by atoms with van der Waals surface area (Å²) in [6.45, 7) is 3.61. The summed E-state index contributed by atoms with van der Waals surface area (Å²) in [6.07, 6.45) is 4.18. The molecule has 1 aromatic heterocycles. The maximum atomic E-state index is 11.1. The number of carbonyl (C=O) groups excluding carboxylic acids is 1. The van der Waals surface area contributed by atoms with Crippen LogP contribution in [-0.2, 0) is 4.79 Å². The van der Waals surface area contributed by atoms with Crippen molar-refractivity contribution >= 4 is 17.7 Å². The summed E-state index contributed by atoms with van der Waals surface area (Å²) in [6, 6.07) is 2.09. The van der Waals surface area contributed by atoms with E-state index in [-0.39, 0.29) is 11.9 Å². The van der Waals surface area contributed by atoms with Crippen LogP contribution in [0.15, 0.2) is 12.3 Å². The SMILES string of the molecule is CCCNc1nccc(NC2CCC(=O)NC2)n1. The Morgan fingerprint density at radius 3 is 3.17 bits per heavy atom. The van der Waals surface area contributed by atoms with Gasteiger partial charge in [-0.05, 0) is 18.9 Å². The van der Waals surface area contributed by atoms with Gasteiger partial charge in [-0.1, -0.05) is 6.92 Å². The van der Waals surface area contributed by atoms with Gasteiger partial charge in [0, 0.05) is 31.7 Å². The van der Waals surface area contributed by atoms with E-state index in [1.165, 1.54) is 0 Å². The van der Waals surface area contributed by atoms with Gasteiger partial charge in [0.25, 0.3) is 0 Å². The number of amides is 1. The first-order chi connectivity index (χ1) is 8.78. The molecule has 2 heterocycles. The van der Waals surface area contributed by atoms with Crippen LogP contribution in [0.1, 0.15) is 26.2 Å². The molecule has 0 aromatic carbocycles. The maximum Gasteiger partial charge on any atom is 0.224 e. The molecular formula is C12H19N5O. The lowest BCUT2D eigenvalue weighted by Crippen LogP contribution is -2.42. The standard InChI is InChI=1S/C12H19N5O/c1-2-6-13-12-14-7-5-10(17-12)16-9-3-4-11(18)15-8-9/h5,7,9H,2-4,6,8H2,1H3,(H,15,18)(H2,13,14,16,17). The van der Waals surface area contributed by atoms with Crippen molar-refractivity contribution in [2.75, 3.05) is 23.7 Å². The molecule has 1 unspecified atom stereocenters. The number of carbonyl (C=O) groups is 1. The van der Waals surface area contributed by atoms with Gasteiger partial charge in [-0.2, -0.15) is 4.98 Å². The average molecular weight is 249 g/mol. The quantitative estimate of drug-likeness (QED) is 0.725. The smallest absolute Gasteiger partial charge is 0.224 e. The van der Waals surface area contributed by atoms with Crippen LogP contribution in [0.3, 0.4) is 0 Å². The molecule has 1 aliphatic heterocycles. The van der Waals surface area contributed by atoms with Crippen LogP contribution in [0.4, 0.5) is 11.8 Å². The molecule has 0 bridgehead atoms. The Morgan fingerprint density at radius 1 is 1.56 bits per heavy atom. The van der Waals surface area contributed by atoms with Gasteiger partial charge in [-0.25, -0.2) is 4.98 Å². The zero-order valence-electron chi connectivity index (χ0n) is 10.6. The highest BCUT2D eigenvalue weighted by molar-refractivity contribution is 5.76. The van der Waals surface area contributed by atoms with Crippen LogP contribution in [-0.4, -0.2) is 35.0 Å². The van der Waals surface area contributed by atoms with Crippen molar-refractivity contribution in [3.05, 3.63) is 12.3 Å². The van der Waals surface area contributed by atoms with Crippen molar-refractivity contribution in [2.24, 2.45) is 0 Å². The maximum absolute atomic E-state index is 11.1. The van der Waals surface area contributed by atoms with Gasteiger partial charge in [-0.3, -0.25) is 4.79 Å². The Bertz CT molecular complexity index is 399. The van der Waals surface area contributed by atoms with Gasteiger partial charge in [0.2, 0.25) is 11.9 Å². The number of hydrogen-bond donors (Lipinski definition) is 3. The number of aromatic nitrogens is 2. The van der Waals surface area contributed by atoms with Crippen LogP contribution in [0, 0.1) is 0 Å². The lowest BCUT2D eigenvalue weighted by atomic mass is 10.1. The van der Waals surface area contributed by atoms with E-state index in [1.54, 1.807) is 6.20 Å². The van der Waals surface area contributed by atoms with E-state index in [1.807, 2.05) is 6.07 Å². The zero-order chi connectivity index (χ0) is 12.8. The fourth-order valence-electron chi connectivity index (χ4n) is 1.83. The van der Waals surface area contributed by atoms with Crippen molar-refractivity contribution in [2.45, 2.75) is 32.2 Å². The summed E-state index contributed by atoms with van der Waals surface area (Å²) in [7, 11) is 0. The molecule has 1 saturated heterocycles. The van der Waals surface area contributed by atoms with Crippen molar-refractivity contribution in [3.8, 4) is 0 Å². The molecule has 2 rings (SSSR count). The van der Waals surface area contributed by atoms with Gasteiger partial charge in [0.15, 0.2) is 0 Å². The third-order valence-electron chi connectivity index (χ3n) is 2.81. The number of nitrogens with zero attached hydrogens (tertiary/aromatic N) is 2. The van der Waals surface area contributed by atoms with E-state index in [0.717, 1.165) is 25.2 Å². The van der Waals surface area contributed by atoms with Gasteiger partial charge in [-0.15, -0.1) is 0 Å². The fraction of sp³-hybridized carbons (Fsp3) is 0.583. The van der Waals surface area contributed by atoms with E-state index in [2.05, 4.69) is 32.8 Å². The molecule has 6 nitrogen and oxygen atoms in total. The van der Waals surface area contributed by atoms with E-state index in [9.17, 15) is 4.79 Å². The Labute approximate surface area is 107 Å². The summed E-state index contributed by atoms with van der Waals surface area (Å²) >= 11 is 0. The molecule has 6 heteroatoms. The highest BCUT2D eigenvalue weighted by atomic mass is 16.1. The molecule has 0 aliphatic carbocycles. The number of hydrogen-bond acceptors (Lipinski definition) is 5. The fourth-order valence-corrected chi connectivity index (χ4v) is 1.83. The second kappa shape index (κ2) is 6.18. The van der Waals surface area contributed by atoms with Crippen molar-refractivity contribution < 1.29 is 4.79 Å². The Hall–Kier alpha value is -1.85. The lowest BCUT2D eigenvalue weighted by molar-refractivity contribution is -0.122. The van der Waals surface area contributed by atoms with Crippen molar-refractivity contribution in [1.29, 1.82) is 0 Å². The van der Waals surface area contributed by atoms with Gasteiger partial charge in [0.05, 0.1) is 0 Å². The van der Waals surface area contributed by atoms with Gasteiger partial charge in [0.1, 0.15) is 5.82 Å². The molecule has 18 heavy (non-hydrogen) atoms. The minimum Gasteiger partial charge on any atom is -0.365 e. The molecule has 98 valence electrons. The monoisotopic (exact) mass is 249 g/mol. The number of piperidine rings is 1. The second-order valence-electron chi connectivity index (χ2n) is 4.38. The largest absolute Gasteiger partial charge is 0.365 e. The first kappa shape index (κ1) is 12.6. The molecule has 1 amide bonds. The normalized spacial score (nSPS) is 19.2. The summed E-state index contributed by atoms with van der Waals surface area (Å²) < 4.78 is 0. The summed E-state index contributed by atoms with van der Waals surface area (Å²) in [5.41, 5.74) is 0. The first-order valence-corrected chi connectivity index (χ1v) is 6.38. The van der Waals surface area contributed by atoms with E-state index in [0.29, 0.717) is 18.9 Å². The summed E-state index contributed by atoms with van der Waals surface area (Å²) in [5.74, 6) is 1.56. The predicted molar refractivity (Wildman–Crippen MR) is 70.5 cm³/mol. The van der Waals surface area contributed by atoms with Crippen LogP contribution in [0.2, 0.25) is 0 Å². The van der Waals surface area contributed by atoms with Crippen molar-refractivity contribution in [1.82, 2.24) is 15.3 Å². The molecule has 0 spiro atoms. The minimum absolute atomic E-state index is 0.126. The van der Waals surface area contributed by atoms with E-state index in [4.69, 9.17) is 0 Å². The second-order valence-corrected chi connectivity index (χ2v) is 4.38. The highest BCUT2D eigenvalue weighted by Gasteiger charge is 2.17. The summed E-state index contributed by atoms with van der Waals surface area (Å²) in [4.78, 5) is 19.6. The van der Waals surface area contributed by atoms with Crippen LogP contribution in [0.5, 0.6) is 0 Å². The molecule has 3 N–H and O–H groups in total. The van der Waals surface area contributed by atoms with Crippen LogP contribution in [0.25, 0.3) is 0 Å². The Morgan fingerprint density at radius 2 is 2.44 bits per heavy atom. The highest BCUT2D eigenvalue weighted by Crippen LogP contribution is 2.11. The first-order valence-electron chi connectivity index (χ1n) is 6.38. The molecular weight excluding hydrogens is 230 g/mol. The van der Waals surface area contributed by atoms with Crippen LogP contribution < -0.4 is 16.0 Å². The summed E-state index contributed by atoms with van der Waals surface area (Å²) in [5, 5.41) is 9.30. The third kappa shape index (κ3) is 3.58. The van der Waals surface area contributed by atoms with Gasteiger partial charge >= 0.3 is 0 Å². The zero-order valence-corrected chi connectivity index (χ0v) is 10.6.